The lowest BCUT2D eigenvalue weighted by Gasteiger charge is -2.32. The molecule has 1 saturated heterocycles. The molecule has 3 heteroatoms. The van der Waals surface area contributed by atoms with Gasteiger partial charge in [0.1, 0.15) is 0 Å². The number of likely N-dealkylation sites (tertiary alicyclic amines) is 1. The summed E-state index contributed by atoms with van der Waals surface area (Å²) in [6.45, 7) is 4.08. The third-order valence-corrected chi connectivity index (χ3v) is 3.76. The van der Waals surface area contributed by atoms with E-state index in [0.29, 0.717) is 0 Å². The Morgan fingerprint density at radius 1 is 1.07 bits per heavy atom. The standard InChI is InChI=1S/C12H22N2O/c1-12(7-3-4-8-12)13-11(15)14-9-5-2-6-10-14/h2-10H2,1H3,(H,13,15). The van der Waals surface area contributed by atoms with Crippen LogP contribution >= 0.6 is 0 Å². The molecule has 1 aliphatic heterocycles. The molecule has 0 atom stereocenters. The van der Waals surface area contributed by atoms with Crippen LogP contribution in [0.15, 0.2) is 0 Å². The fourth-order valence-electron chi connectivity index (χ4n) is 2.71. The Labute approximate surface area is 92.2 Å². The highest BCUT2D eigenvalue weighted by atomic mass is 16.2. The van der Waals surface area contributed by atoms with Crippen molar-refractivity contribution in [2.24, 2.45) is 0 Å². The highest BCUT2D eigenvalue weighted by Crippen LogP contribution is 2.29. The summed E-state index contributed by atoms with van der Waals surface area (Å²) >= 11 is 0. The molecule has 0 aromatic heterocycles. The van der Waals surface area contributed by atoms with Crippen molar-refractivity contribution in [3.8, 4) is 0 Å². The van der Waals surface area contributed by atoms with Gasteiger partial charge in [0.05, 0.1) is 0 Å². The van der Waals surface area contributed by atoms with Crippen molar-refractivity contribution in [2.45, 2.75) is 57.4 Å². The van der Waals surface area contributed by atoms with Gasteiger partial charge in [-0.25, -0.2) is 4.79 Å². The second-order valence-corrected chi connectivity index (χ2v) is 5.25. The normalized spacial score (nSPS) is 25.3. The third-order valence-electron chi connectivity index (χ3n) is 3.76. The molecule has 86 valence electrons. The van der Waals surface area contributed by atoms with Gasteiger partial charge in [0.2, 0.25) is 0 Å². The molecule has 0 aromatic carbocycles. The summed E-state index contributed by atoms with van der Waals surface area (Å²) in [5.74, 6) is 0. The Kier molecular flexibility index (Phi) is 3.17. The van der Waals surface area contributed by atoms with Gasteiger partial charge in [0, 0.05) is 18.6 Å². The second-order valence-electron chi connectivity index (χ2n) is 5.25. The molecule has 1 saturated carbocycles. The minimum Gasteiger partial charge on any atom is -0.333 e. The van der Waals surface area contributed by atoms with Crippen LogP contribution in [0.3, 0.4) is 0 Å². The van der Waals surface area contributed by atoms with Crippen LogP contribution in [0.2, 0.25) is 0 Å². The van der Waals surface area contributed by atoms with Crippen molar-refractivity contribution in [3.63, 3.8) is 0 Å². The summed E-state index contributed by atoms with van der Waals surface area (Å²) in [6, 6.07) is 0.166. The number of hydrogen-bond acceptors (Lipinski definition) is 1. The lowest BCUT2D eigenvalue weighted by atomic mass is 10.0. The first-order valence-electron chi connectivity index (χ1n) is 6.27. The first-order chi connectivity index (χ1) is 7.20. The van der Waals surface area contributed by atoms with E-state index < -0.39 is 0 Å². The number of amides is 2. The SMILES string of the molecule is CC1(NC(=O)N2CCCCC2)CCCC1. The van der Waals surface area contributed by atoms with E-state index >= 15 is 0 Å². The van der Waals surface area contributed by atoms with Gasteiger partial charge in [-0.2, -0.15) is 0 Å². The third kappa shape index (κ3) is 2.64. The van der Waals surface area contributed by atoms with Crippen LogP contribution in [-0.2, 0) is 0 Å². The maximum atomic E-state index is 12.0. The molecule has 0 spiro atoms. The number of nitrogens with one attached hydrogen (secondary N) is 1. The van der Waals surface area contributed by atoms with Gasteiger partial charge >= 0.3 is 6.03 Å². The maximum Gasteiger partial charge on any atom is 0.317 e. The zero-order chi connectivity index (χ0) is 10.7. The Balaban J connectivity index is 1.85. The van der Waals surface area contributed by atoms with Crippen LogP contribution in [0.25, 0.3) is 0 Å². The van der Waals surface area contributed by atoms with Gasteiger partial charge in [-0.3, -0.25) is 0 Å². The number of piperidine rings is 1. The van der Waals surface area contributed by atoms with Gasteiger partial charge in [0.15, 0.2) is 0 Å². The van der Waals surface area contributed by atoms with E-state index in [9.17, 15) is 4.79 Å². The molecule has 2 amide bonds. The maximum absolute atomic E-state index is 12.0. The molecule has 0 aromatic rings. The second kappa shape index (κ2) is 4.42. The van der Waals surface area contributed by atoms with Crippen LogP contribution in [-0.4, -0.2) is 29.6 Å². The molecule has 3 nitrogen and oxygen atoms in total. The van der Waals surface area contributed by atoms with Gasteiger partial charge in [-0.15, -0.1) is 0 Å². The largest absolute Gasteiger partial charge is 0.333 e. The van der Waals surface area contributed by atoms with Crippen LogP contribution in [0, 0.1) is 0 Å². The van der Waals surface area contributed by atoms with Crippen molar-refractivity contribution in [1.29, 1.82) is 0 Å². The predicted molar refractivity (Wildman–Crippen MR) is 60.8 cm³/mol. The molecule has 2 fully saturated rings. The average molecular weight is 210 g/mol. The summed E-state index contributed by atoms with van der Waals surface area (Å²) in [7, 11) is 0. The zero-order valence-electron chi connectivity index (χ0n) is 9.72. The summed E-state index contributed by atoms with van der Waals surface area (Å²) < 4.78 is 0. The molecule has 15 heavy (non-hydrogen) atoms. The van der Waals surface area contributed by atoms with Gasteiger partial charge in [-0.05, 0) is 39.0 Å². The van der Waals surface area contributed by atoms with Gasteiger partial charge < -0.3 is 10.2 Å². The molecule has 2 rings (SSSR count). The Bertz CT molecular complexity index is 228. The van der Waals surface area contributed by atoms with E-state index in [2.05, 4.69) is 12.2 Å². The average Bonchev–Trinajstić information content (AvgIpc) is 2.66. The number of carbonyl (C=O) groups is 1. The Morgan fingerprint density at radius 2 is 1.67 bits per heavy atom. The zero-order valence-corrected chi connectivity index (χ0v) is 9.72. The van der Waals surface area contributed by atoms with E-state index in [1.165, 1.54) is 32.1 Å². The van der Waals surface area contributed by atoms with Crippen LogP contribution in [0.4, 0.5) is 4.79 Å². The van der Waals surface area contributed by atoms with Crippen LogP contribution < -0.4 is 5.32 Å². The first kappa shape index (κ1) is 10.8. The highest BCUT2D eigenvalue weighted by Gasteiger charge is 2.31. The Morgan fingerprint density at radius 3 is 2.27 bits per heavy atom. The van der Waals surface area contributed by atoms with Crippen molar-refractivity contribution in [1.82, 2.24) is 10.2 Å². The number of rotatable bonds is 1. The van der Waals surface area contributed by atoms with E-state index in [1.54, 1.807) is 0 Å². The van der Waals surface area contributed by atoms with Crippen molar-refractivity contribution in [2.75, 3.05) is 13.1 Å². The lowest BCUT2D eigenvalue weighted by Crippen LogP contribution is -2.51. The van der Waals surface area contributed by atoms with E-state index in [1.807, 2.05) is 4.90 Å². The molecular formula is C12H22N2O. The molecular weight excluding hydrogens is 188 g/mol. The van der Waals surface area contributed by atoms with Crippen LogP contribution in [0.1, 0.15) is 51.9 Å². The quantitative estimate of drug-likeness (QED) is 0.708. The van der Waals surface area contributed by atoms with E-state index in [0.717, 1.165) is 25.9 Å². The molecule has 1 N–H and O–H groups in total. The lowest BCUT2D eigenvalue weighted by molar-refractivity contribution is 0.174. The van der Waals surface area contributed by atoms with E-state index in [-0.39, 0.29) is 11.6 Å². The molecule has 0 radical (unpaired) electrons. The van der Waals surface area contributed by atoms with E-state index in [4.69, 9.17) is 0 Å². The highest BCUT2D eigenvalue weighted by molar-refractivity contribution is 5.75. The fraction of sp³-hybridized carbons (Fsp3) is 0.917. The number of hydrogen-bond donors (Lipinski definition) is 1. The first-order valence-corrected chi connectivity index (χ1v) is 6.27. The monoisotopic (exact) mass is 210 g/mol. The summed E-state index contributed by atoms with van der Waals surface area (Å²) in [5, 5.41) is 3.21. The van der Waals surface area contributed by atoms with Crippen molar-refractivity contribution in [3.05, 3.63) is 0 Å². The van der Waals surface area contributed by atoms with Crippen LogP contribution in [0.5, 0.6) is 0 Å². The number of urea groups is 1. The minimum atomic E-state index is 0.0779. The molecule has 0 bridgehead atoms. The number of carbonyl (C=O) groups excluding carboxylic acids is 1. The molecule has 1 heterocycles. The molecule has 1 aliphatic carbocycles. The van der Waals surface area contributed by atoms with Gasteiger partial charge in [-0.1, -0.05) is 12.8 Å². The minimum absolute atomic E-state index is 0.0779. The molecule has 2 aliphatic rings. The topological polar surface area (TPSA) is 32.3 Å². The fourth-order valence-corrected chi connectivity index (χ4v) is 2.71. The Hall–Kier alpha value is -0.730. The van der Waals surface area contributed by atoms with Crippen molar-refractivity contribution < 1.29 is 4.79 Å². The number of nitrogens with zero attached hydrogens (tertiary/aromatic N) is 1. The summed E-state index contributed by atoms with van der Waals surface area (Å²) in [5.41, 5.74) is 0.0779. The predicted octanol–water partition coefficient (Wildman–Crippen LogP) is 2.51. The summed E-state index contributed by atoms with van der Waals surface area (Å²) in [6.07, 6.45) is 8.43. The summed E-state index contributed by atoms with van der Waals surface area (Å²) in [4.78, 5) is 14.0. The van der Waals surface area contributed by atoms with Crippen molar-refractivity contribution >= 4 is 6.03 Å². The smallest absolute Gasteiger partial charge is 0.317 e. The molecule has 0 unspecified atom stereocenters. The van der Waals surface area contributed by atoms with Gasteiger partial charge in [0.25, 0.3) is 0 Å².